The maximum absolute atomic E-state index is 14.3. The number of hydrogen-bond acceptors (Lipinski definition) is 5. The summed E-state index contributed by atoms with van der Waals surface area (Å²) < 4.78 is 5.33. The molecule has 0 unspecified atom stereocenters. The van der Waals surface area contributed by atoms with Gasteiger partial charge in [-0.3, -0.25) is 14.6 Å². The Morgan fingerprint density at radius 3 is 2.49 bits per heavy atom. The van der Waals surface area contributed by atoms with Crippen molar-refractivity contribution in [2.45, 2.75) is 45.3 Å². The number of anilines is 1. The highest BCUT2D eigenvalue weighted by Crippen LogP contribution is 2.37. The van der Waals surface area contributed by atoms with Crippen LogP contribution >= 0.6 is 0 Å². The predicted octanol–water partition coefficient (Wildman–Crippen LogP) is 6.13. The van der Waals surface area contributed by atoms with Crippen molar-refractivity contribution in [1.82, 2.24) is 9.80 Å². The molecular weight excluding hydrogens is 486 g/mol. The molecule has 3 atom stereocenters. The number of carbonyl (C=O) groups excluding carboxylic acids is 1. The maximum Gasteiger partial charge on any atom is 0.258 e. The van der Waals surface area contributed by atoms with Crippen molar-refractivity contribution in [1.29, 1.82) is 0 Å². The molecule has 1 N–H and O–H groups in total. The molecule has 39 heavy (non-hydrogen) atoms. The van der Waals surface area contributed by atoms with E-state index in [4.69, 9.17) is 4.74 Å². The third-order valence-corrected chi connectivity index (χ3v) is 7.61. The highest BCUT2D eigenvalue weighted by atomic mass is 16.5. The number of rotatable bonds is 10. The molecule has 0 aliphatic carbocycles. The van der Waals surface area contributed by atoms with Crippen LogP contribution in [0.15, 0.2) is 85.5 Å². The van der Waals surface area contributed by atoms with E-state index < -0.39 is 0 Å². The number of piperazine rings is 1. The molecule has 1 amide bonds. The molecule has 0 saturated carbocycles. The van der Waals surface area contributed by atoms with Gasteiger partial charge < -0.3 is 14.7 Å². The van der Waals surface area contributed by atoms with Crippen molar-refractivity contribution in [2.75, 3.05) is 38.2 Å². The van der Waals surface area contributed by atoms with Crippen LogP contribution in [0.2, 0.25) is 0 Å². The topological polar surface area (TPSA) is 56.2 Å². The number of phenolic OH excluding ortho intramolecular Hbond substituents is 1. The Labute approximate surface area is 233 Å². The maximum atomic E-state index is 14.3. The highest BCUT2D eigenvalue weighted by Gasteiger charge is 2.36. The van der Waals surface area contributed by atoms with E-state index in [1.807, 2.05) is 71.6 Å². The van der Waals surface area contributed by atoms with Crippen LogP contribution in [0, 0.1) is 0 Å². The quantitative estimate of drug-likeness (QED) is 0.322. The van der Waals surface area contributed by atoms with E-state index in [9.17, 15) is 9.90 Å². The van der Waals surface area contributed by atoms with Crippen LogP contribution in [-0.2, 0) is 0 Å². The van der Waals surface area contributed by atoms with Crippen LogP contribution in [0.25, 0.3) is 0 Å². The molecule has 0 aromatic heterocycles. The van der Waals surface area contributed by atoms with Crippen LogP contribution in [0.1, 0.15) is 54.7 Å². The first-order valence-electron chi connectivity index (χ1n) is 13.8. The number of phenols is 1. The van der Waals surface area contributed by atoms with Gasteiger partial charge in [-0.15, -0.1) is 6.58 Å². The average molecular weight is 528 g/mol. The van der Waals surface area contributed by atoms with Crippen molar-refractivity contribution < 1.29 is 14.6 Å². The summed E-state index contributed by atoms with van der Waals surface area (Å²) in [4.78, 5) is 21.1. The summed E-state index contributed by atoms with van der Waals surface area (Å²) in [7, 11) is 1.64. The summed E-state index contributed by atoms with van der Waals surface area (Å²) in [5.41, 5.74) is 3.42. The Bertz CT molecular complexity index is 1260. The van der Waals surface area contributed by atoms with Gasteiger partial charge >= 0.3 is 0 Å². The monoisotopic (exact) mass is 527 g/mol. The summed E-state index contributed by atoms with van der Waals surface area (Å²) in [6, 6.07) is 23.4. The highest BCUT2D eigenvalue weighted by molar-refractivity contribution is 6.07. The van der Waals surface area contributed by atoms with Gasteiger partial charge in [0.25, 0.3) is 5.91 Å². The standard InChI is InChI=1S/C33H41N3O3/c1-6-19-34-22-25(4)36(23-24(34)3)32(26-11-10-12-28(37)21-26)30-13-8-9-14-31(30)33(38)35(20-7-2)27-15-17-29(39-5)18-16-27/h6,8-18,21,24-25,32,37H,1,7,19-20,22-23H2,2-5H3/t24-,25+,32-/m1/s1. The molecule has 3 aromatic rings. The van der Waals surface area contributed by atoms with E-state index >= 15 is 0 Å². The Kier molecular flexibility index (Phi) is 9.44. The van der Waals surface area contributed by atoms with E-state index in [0.29, 0.717) is 18.2 Å². The number of carbonyl (C=O) groups is 1. The lowest BCUT2D eigenvalue weighted by Crippen LogP contribution is -2.57. The lowest BCUT2D eigenvalue weighted by atomic mass is 9.90. The fourth-order valence-corrected chi connectivity index (χ4v) is 5.66. The second-order valence-corrected chi connectivity index (χ2v) is 10.4. The Balaban J connectivity index is 1.79. The molecule has 0 spiro atoms. The second kappa shape index (κ2) is 13.0. The number of nitrogens with zero attached hydrogens (tertiary/aromatic N) is 3. The number of benzene rings is 3. The molecule has 1 saturated heterocycles. The first kappa shape index (κ1) is 28.4. The number of amides is 1. The van der Waals surface area contributed by atoms with Gasteiger partial charge in [0, 0.05) is 49.5 Å². The van der Waals surface area contributed by atoms with Crippen LogP contribution in [-0.4, -0.2) is 66.2 Å². The predicted molar refractivity (Wildman–Crippen MR) is 159 cm³/mol. The SMILES string of the molecule is C=CCN1C[C@H](C)N([C@H](c2cccc(O)c2)c2ccccc2C(=O)N(CCC)c2ccc(OC)cc2)C[C@H]1C. The fraction of sp³-hybridized carbons (Fsp3) is 0.364. The fourth-order valence-electron chi connectivity index (χ4n) is 5.66. The van der Waals surface area contributed by atoms with Gasteiger partial charge in [-0.1, -0.05) is 43.3 Å². The zero-order valence-corrected chi connectivity index (χ0v) is 23.6. The number of hydrogen-bond donors (Lipinski definition) is 1. The number of aromatic hydroxyl groups is 1. The minimum atomic E-state index is -0.195. The molecular formula is C33H41N3O3. The third-order valence-electron chi connectivity index (χ3n) is 7.61. The first-order valence-corrected chi connectivity index (χ1v) is 13.8. The van der Waals surface area contributed by atoms with Gasteiger partial charge in [-0.2, -0.15) is 0 Å². The summed E-state index contributed by atoms with van der Waals surface area (Å²) in [5.74, 6) is 0.942. The molecule has 1 fully saturated rings. The molecule has 3 aromatic carbocycles. The molecule has 6 heteroatoms. The Morgan fingerprint density at radius 1 is 1.08 bits per heavy atom. The molecule has 0 radical (unpaired) electrons. The second-order valence-electron chi connectivity index (χ2n) is 10.4. The molecule has 206 valence electrons. The van der Waals surface area contributed by atoms with E-state index in [1.165, 1.54) is 0 Å². The van der Waals surface area contributed by atoms with E-state index in [-0.39, 0.29) is 23.7 Å². The van der Waals surface area contributed by atoms with Crippen LogP contribution < -0.4 is 9.64 Å². The zero-order valence-electron chi connectivity index (χ0n) is 23.6. The lowest BCUT2D eigenvalue weighted by molar-refractivity contribution is 0.0304. The smallest absolute Gasteiger partial charge is 0.258 e. The van der Waals surface area contributed by atoms with Crippen LogP contribution in [0.5, 0.6) is 11.5 Å². The van der Waals surface area contributed by atoms with E-state index in [0.717, 1.165) is 48.6 Å². The van der Waals surface area contributed by atoms with Gasteiger partial charge in [0.05, 0.1) is 13.2 Å². The molecule has 6 nitrogen and oxygen atoms in total. The minimum Gasteiger partial charge on any atom is -0.508 e. The summed E-state index contributed by atoms with van der Waals surface area (Å²) >= 11 is 0. The lowest BCUT2D eigenvalue weighted by Gasteiger charge is -2.47. The van der Waals surface area contributed by atoms with Crippen molar-refractivity contribution in [3.63, 3.8) is 0 Å². The van der Waals surface area contributed by atoms with E-state index in [2.05, 4.69) is 43.2 Å². The largest absolute Gasteiger partial charge is 0.508 e. The van der Waals surface area contributed by atoms with Crippen molar-refractivity contribution in [2.24, 2.45) is 0 Å². The van der Waals surface area contributed by atoms with Crippen LogP contribution in [0.4, 0.5) is 5.69 Å². The van der Waals surface area contributed by atoms with Gasteiger partial charge in [0.15, 0.2) is 0 Å². The van der Waals surface area contributed by atoms with Crippen molar-refractivity contribution in [3.8, 4) is 11.5 Å². The Morgan fingerprint density at radius 2 is 1.82 bits per heavy atom. The zero-order chi connectivity index (χ0) is 27.9. The summed E-state index contributed by atoms with van der Waals surface area (Å²) in [6.45, 7) is 13.7. The molecule has 1 aliphatic rings. The number of methoxy groups -OCH3 is 1. The van der Waals surface area contributed by atoms with Crippen molar-refractivity contribution in [3.05, 3.63) is 102 Å². The van der Waals surface area contributed by atoms with Crippen molar-refractivity contribution >= 4 is 11.6 Å². The average Bonchev–Trinajstić information content (AvgIpc) is 2.94. The minimum absolute atomic E-state index is 0.0336. The van der Waals surface area contributed by atoms with Gasteiger partial charge in [-0.25, -0.2) is 0 Å². The molecule has 4 rings (SSSR count). The summed E-state index contributed by atoms with van der Waals surface area (Å²) in [5, 5.41) is 10.4. The molecule has 1 heterocycles. The van der Waals surface area contributed by atoms with Gasteiger partial charge in [0.1, 0.15) is 11.5 Å². The van der Waals surface area contributed by atoms with Crippen LogP contribution in [0.3, 0.4) is 0 Å². The normalized spacial score (nSPS) is 18.9. The number of ether oxygens (including phenoxy) is 1. The molecule has 1 aliphatic heterocycles. The third kappa shape index (κ3) is 6.35. The summed E-state index contributed by atoms with van der Waals surface area (Å²) in [6.07, 6.45) is 2.79. The Hall–Kier alpha value is -3.61. The first-order chi connectivity index (χ1) is 18.9. The molecule has 0 bridgehead atoms. The van der Waals surface area contributed by atoms with E-state index in [1.54, 1.807) is 13.2 Å². The van der Waals surface area contributed by atoms with Gasteiger partial charge in [-0.05, 0) is 73.9 Å². The van der Waals surface area contributed by atoms with Gasteiger partial charge in [0.2, 0.25) is 0 Å².